The highest BCUT2D eigenvalue weighted by atomic mass is 127. The molecule has 1 aromatic carbocycles. The van der Waals surface area contributed by atoms with E-state index in [1.165, 1.54) is 16.0 Å². The summed E-state index contributed by atoms with van der Waals surface area (Å²) in [6.07, 6.45) is 0. The number of thiazole rings is 1. The second kappa shape index (κ2) is 11.5. The predicted octanol–water partition coefficient (Wildman–Crippen LogP) is 3.69. The van der Waals surface area contributed by atoms with Crippen LogP contribution in [0, 0.1) is 13.8 Å². The average Bonchev–Trinajstić information content (AvgIpc) is 2.88. The molecule has 0 aliphatic rings. The Morgan fingerprint density at radius 1 is 1.19 bits per heavy atom. The molecule has 0 saturated heterocycles. The van der Waals surface area contributed by atoms with Crippen molar-refractivity contribution in [2.45, 2.75) is 40.4 Å². The topological polar surface area (TPSA) is 52.6 Å². The first kappa shape index (κ1) is 22.9. The fraction of sp³-hybridized carbons (Fsp3) is 0.474. The van der Waals surface area contributed by atoms with Crippen LogP contribution >= 0.6 is 35.3 Å². The van der Waals surface area contributed by atoms with E-state index < -0.39 is 0 Å². The van der Waals surface area contributed by atoms with Crippen molar-refractivity contribution in [2.24, 2.45) is 4.99 Å². The van der Waals surface area contributed by atoms with Gasteiger partial charge in [-0.25, -0.2) is 9.98 Å². The van der Waals surface area contributed by atoms with Gasteiger partial charge in [0.2, 0.25) is 0 Å². The molecular weight excluding hydrogens is 457 g/mol. The summed E-state index contributed by atoms with van der Waals surface area (Å²) < 4.78 is 0. The molecule has 0 spiro atoms. The second-order valence-electron chi connectivity index (χ2n) is 6.36. The number of nitrogens with one attached hydrogen (secondary N) is 2. The molecule has 2 rings (SSSR count). The molecule has 1 heterocycles. The van der Waals surface area contributed by atoms with Gasteiger partial charge in [-0.15, -0.1) is 35.3 Å². The highest BCUT2D eigenvalue weighted by Gasteiger charge is 2.05. The van der Waals surface area contributed by atoms with Crippen molar-refractivity contribution in [3.05, 3.63) is 51.0 Å². The smallest absolute Gasteiger partial charge is 0.191 e. The Labute approximate surface area is 178 Å². The summed E-state index contributed by atoms with van der Waals surface area (Å²) in [5.41, 5.74) is 3.64. The molecule has 2 aromatic rings. The number of aryl methyl sites for hydroxylation is 2. The number of nitrogens with zero attached hydrogens (tertiary/aromatic N) is 3. The van der Waals surface area contributed by atoms with Gasteiger partial charge < -0.3 is 15.5 Å². The molecule has 26 heavy (non-hydrogen) atoms. The van der Waals surface area contributed by atoms with Crippen LogP contribution in [0.4, 0.5) is 0 Å². The van der Waals surface area contributed by atoms with E-state index >= 15 is 0 Å². The minimum absolute atomic E-state index is 0. The van der Waals surface area contributed by atoms with Crippen LogP contribution in [0.25, 0.3) is 0 Å². The predicted molar refractivity (Wildman–Crippen MR) is 122 cm³/mol. The average molecular weight is 487 g/mol. The quantitative estimate of drug-likeness (QED) is 0.356. The van der Waals surface area contributed by atoms with Crippen molar-refractivity contribution in [3.8, 4) is 0 Å². The lowest BCUT2D eigenvalue weighted by Crippen LogP contribution is -2.36. The fourth-order valence-corrected chi connectivity index (χ4v) is 3.35. The molecule has 7 heteroatoms. The van der Waals surface area contributed by atoms with Gasteiger partial charge in [-0.05, 0) is 46.0 Å². The monoisotopic (exact) mass is 487 g/mol. The van der Waals surface area contributed by atoms with Gasteiger partial charge in [0.1, 0.15) is 5.01 Å². The first-order valence-electron chi connectivity index (χ1n) is 8.65. The maximum absolute atomic E-state index is 4.71. The number of aromatic nitrogens is 1. The third-order valence-corrected chi connectivity index (χ3v) is 4.81. The van der Waals surface area contributed by atoms with Crippen molar-refractivity contribution < 1.29 is 0 Å². The molecule has 0 fully saturated rings. The Balaban J connectivity index is 0.00000338. The number of halogens is 1. The molecule has 0 amide bonds. The van der Waals surface area contributed by atoms with Crippen molar-refractivity contribution in [1.29, 1.82) is 0 Å². The van der Waals surface area contributed by atoms with Gasteiger partial charge in [-0.1, -0.05) is 24.3 Å². The highest BCUT2D eigenvalue weighted by molar-refractivity contribution is 14.0. The van der Waals surface area contributed by atoms with Gasteiger partial charge in [-0.3, -0.25) is 0 Å². The zero-order valence-electron chi connectivity index (χ0n) is 16.3. The minimum atomic E-state index is 0. The second-order valence-corrected chi connectivity index (χ2v) is 7.64. The standard InChI is InChI=1S/C19H29N5S.HI/c1-6-20-19(22-12-18-23-14(2)15(3)25-18)21-11-16-8-7-9-17(10-16)13-24(4)5;/h7-10H,6,11-13H2,1-5H3,(H2,20,21,22);1H. The summed E-state index contributed by atoms with van der Waals surface area (Å²) in [4.78, 5) is 12.7. The number of rotatable bonds is 7. The third kappa shape index (κ3) is 7.59. The normalized spacial score (nSPS) is 11.4. The number of hydrogen-bond acceptors (Lipinski definition) is 4. The molecule has 0 unspecified atom stereocenters. The third-order valence-electron chi connectivity index (χ3n) is 3.73. The van der Waals surface area contributed by atoms with Gasteiger partial charge >= 0.3 is 0 Å². The SMILES string of the molecule is CCNC(=NCc1cccc(CN(C)C)c1)NCc1nc(C)c(C)s1.I. The molecule has 0 atom stereocenters. The lowest BCUT2D eigenvalue weighted by molar-refractivity contribution is 0.402. The summed E-state index contributed by atoms with van der Waals surface area (Å²) in [6.45, 7) is 9.37. The van der Waals surface area contributed by atoms with Crippen LogP contribution in [0.5, 0.6) is 0 Å². The number of hydrogen-bond donors (Lipinski definition) is 2. The molecule has 0 aliphatic carbocycles. The van der Waals surface area contributed by atoms with Gasteiger partial charge in [0.05, 0.1) is 18.8 Å². The molecule has 0 bridgehead atoms. The minimum Gasteiger partial charge on any atom is -0.357 e. The Morgan fingerprint density at radius 2 is 1.92 bits per heavy atom. The van der Waals surface area contributed by atoms with Crippen LogP contribution in [0.3, 0.4) is 0 Å². The lowest BCUT2D eigenvalue weighted by Gasteiger charge is -2.12. The number of benzene rings is 1. The van der Waals surface area contributed by atoms with E-state index in [0.29, 0.717) is 13.1 Å². The number of aliphatic imine (C=N–C) groups is 1. The molecule has 1 aromatic heterocycles. The number of guanidine groups is 1. The summed E-state index contributed by atoms with van der Waals surface area (Å²) in [7, 11) is 4.17. The molecule has 144 valence electrons. The van der Waals surface area contributed by atoms with Crippen LogP contribution in [0.15, 0.2) is 29.3 Å². The van der Waals surface area contributed by atoms with E-state index in [9.17, 15) is 0 Å². The Kier molecular flexibility index (Phi) is 10.1. The summed E-state index contributed by atoms with van der Waals surface area (Å²) in [5.74, 6) is 0.825. The van der Waals surface area contributed by atoms with Crippen LogP contribution in [0.1, 0.15) is 33.6 Å². The van der Waals surface area contributed by atoms with Crippen LogP contribution in [0.2, 0.25) is 0 Å². The van der Waals surface area contributed by atoms with Crippen LogP contribution < -0.4 is 10.6 Å². The van der Waals surface area contributed by atoms with Gasteiger partial charge in [0.15, 0.2) is 5.96 Å². The summed E-state index contributed by atoms with van der Waals surface area (Å²) >= 11 is 1.74. The van der Waals surface area contributed by atoms with Crippen molar-refractivity contribution in [2.75, 3.05) is 20.6 Å². The van der Waals surface area contributed by atoms with E-state index in [1.54, 1.807) is 11.3 Å². The summed E-state index contributed by atoms with van der Waals surface area (Å²) in [5, 5.41) is 7.76. The van der Waals surface area contributed by atoms with Crippen LogP contribution in [-0.2, 0) is 19.6 Å². The zero-order chi connectivity index (χ0) is 18.2. The Morgan fingerprint density at radius 3 is 2.54 bits per heavy atom. The van der Waals surface area contributed by atoms with Gasteiger partial charge in [-0.2, -0.15) is 0 Å². The maximum Gasteiger partial charge on any atom is 0.191 e. The largest absolute Gasteiger partial charge is 0.357 e. The zero-order valence-corrected chi connectivity index (χ0v) is 19.4. The Hall–Kier alpha value is -1.19. The van der Waals surface area contributed by atoms with Crippen LogP contribution in [-0.4, -0.2) is 36.5 Å². The Bertz CT molecular complexity index is 692. The van der Waals surface area contributed by atoms with E-state index in [0.717, 1.165) is 29.8 Å². The molecule has 2 N–H and O–H groups in total. The van der Waals surface area contributed by atoms with E-state index in [1.807, 2.05) is 0 Å². The van der Waals surface area contributed by atoms with Crippen molar-refractivity contribution >= 4 is 41.3 Å². The molecule has 0 radical (unpaired) electrons. The van der Waals surface area contributed by atoms with Crippen molar-refractivity contribution in [1.82, 2.24) is 20.5 Å². The molecule has 0 aliphatic heterocycles. The van der Waals surface area contributed by atoms with Crippen molar-refractivity contribution in [3.63, 3.8) is 0 Å². The first-order valence-corrected chi connectivity index (χ1v) is 9.47. The van der Waals surface area contributed by atoms with E-state index in [-0.39, 0.29) is 24.0 Å². The van der Waals surface area contributed by atoms with Gasteiger partial charge in [0, 0.05) is 18.0 Å². The first-order chi connectivity index (χ1) is 12.0. The fourth-order valence-electron chi connectivity index (χ4n) is 2.48. The molecular formula is C19H30IN5S. The van der Waals surface area contributed by atoms with E-state index in [2.05, 4.69) is 79.6 Å². The maximum atomic E-state index is 4.71. The highest BCUT2D eigenvalue weighted by Crippen LogP contribution is 2.16. The lowest BCUT2D eigenvalue weighted by atomic mass is 10.1. The molecule has 0 saturated carbocycles. The molecule has 5 nitrogen and oxygen atoms in total. The van der Waals surface area contributed by atoms with E-state index in [4.69, 9.17) is 4.99 Å². The summed E-state index contributed by atoms with van der Waals surface area (Å²) in [6, 6.07) is 8.61. The van der Waals surface area contributed by atoms with Gasteiger partial charge in [0.25, 0.3) is 0 Å².